The monoisotopic (exact) mass is 496 g/mol. The topological polar surface area (TPSA) is 142 Å². The summed E-state index contributed by atoms with van der Waals surface area (Å²) in [6.45, 7) is 5.50. The summed E-state index contributed by atoms with van der Waals surface area (Å²) in [4.78, 5) is 47.3. The SMILES string of the molecule is C=C(C)C(=O)N[C@@H](Cc1ccc(O)cc1)C(=O)NCCc1ccc(OC(=O)CCCCC(=O)O)cc1. The molecule has 0 unspecified atom stereocenters. The lowest BCUT2D eigenvalue weighted by molar-refractivity contribution is -0.138. The number of phenolic OH excluding ortho intramolecular Hbond substituents is 1. The molecule has 192 valence electrons. The Morgan fingerprint density at radius 2 is 1.56 bits per heavy atom. The van der Waals surface area contributed by atoms with Crippen LogP contribution in [0.2, 0.25) is 0 Å². The van der Waals surface area contributed by atoms with Crippen LogP contribution in [0.25, 0.3) is 0 Å². The third-order valence-corrected chi connectivity index (χ3v) is 5.28. The molecule has 0 saturated heterocycles. The summed E-state index contributed by atoms with van der Waals surface area (Å²) in [5.41, 5.74) is 1.99. The normalized spacial score (nSPS) is 11.2. The molecular formula is C27H32N2O7. The van der Waals surface area contributed by atoms with Crippen molar-refractivity contribution in [2.75, 3.05) is 6.54 Å². The highest BCUT2D eigenvalue weighted by atomic mass is 16.5. The Morgan fingerprint density at radius 3 is 2.17 bits per heavy atom. The lowest BCUT2D eigenvalue weighted by Crippen LogP contribution is -2.48. The number of unbranched alkanes of at least 4 members (excludes halogenated alkanes) is 1. The van der Waals surface area contributed by atoms with E-state index in [1.165, 1.54) is 12.1 Å². The predicted octanol–water partition coefficient (Wildman–Crippen LogP) is 2.90. The first-order valence-electron chi connectivity index (χ1n) is 11.7. The van der Waals surface area contributed by atoms with Gasteiger partial charge in [-0.25, -0.2) is 0 Å². The highest BCUT2D eigenvalue weighted by Gasteiger charge is 2.21. The van der Waals surface area contributed by atoms with Gasteiger partial charge in [0.05, 0.1) is 0 Å². The summed E-state index contributed by atoms with van der Waals surface area (Å²) in [6.07, 6.45) is 1.81. The number of carboxylic acids is 1. The molecule has 0 spiro atoms. The Labute approximate surface area is 210 Å². The van der Waals surface area contributed by atoms with Crippen LogP contribution in [-0.4, -0.2) is 46.6 Å². The Morgan fingerprint density at radius 1 is 0.944 bits per heavy atom. The Hall–Kier alpha value is -4.14. The van der Waals surface area contributed by atoms with E-state index in [1.54, 1.807) is 43.3 Å². The van der Waals surface area contributed by atoms with Crippen molar-refractivity contribution in [1.82, 2.24) is 10.6 Å². The Bertz CT molecular complexity index is 1060. The quantitative estimate of drug-likeness (QED) is 0.136. The highest BCUT2D eigenvalue weighted by Crippen LogP contribution is 2.15. The van der Waals surface area contributed by atoms with Crippen molar-refractivity contribution in [1.29, 1.82) is 0 Å². The molecule has 0 saturated carbocycles. The number of ether oxygens (including phenoxy) is 1. The lowest BCUT2D eigenvalue weighted by Gasteiger charge is -2.19. The van der Waals surface area contributed by atoms with Gasteiger partial charge in [-0.2, -0.15) is 0 Å². The standard InChI is InChI=1S/C27H32N2O7/c1-18(2)26(34)29-23(17-20-7-11-21(30)12-8-20)27(35)28-16-15-19-9-13-22(14-10-19)36-25(33)6-4-3-5-24(31)32/h7-14,23,30H,1,3-6,15-17H2,2H3,(H,28,35)(H,29,34)(H,31,32)/t23-/m0/s1. The summed E-state index contributed by atoms with van der Waals surface area (Å²) in [5, 5.41) is 23.6. The third kappa shape index (κ3) is 10.4. The molecule has 2 aromatic rings. The third-order valence-electron chi connectivity index (χ3n) is 5.28. The van der Waals surface area contributed by atoms with Crippen LogP contribution in [0.1, 0.15) is 43.7 Å². The predicted molar refractivity (Wildman–Crippen MR) is 133 cm³/mol. The van der Waals surface area contributed by atoms with Gasteiger partial charge in [0.2, 0.25) is 11.8 Å². The van der Waals surface area contributed by atoms with Crippen molar-refractivity contribution in [3.8, 4) is 11.5 Å². The number of carbonyl (C=O) groups is 4. The number of hydrogen-bond donors (Lipinski definition) is 4. The molecule has 2 amide bonds. The van der Waals surface area contributed by atoms with Gasteiger partial charge in [0.25, 0.3) is 0 Å². The van der Waals surface area contributed by atoms with Crippen molar-refractivity contribution in [2.24, 2.45) is 0 Å². The maximum absolute atomic E-state index is 12.8. The van der Waals surface area contributed by atoms with Crippen LogP contribution in [0.15, 0.2) is 60.7 Å². The summed E-state index contributed by atoms with van der Waals surface area (Å²) in [7, 11) is 0. The van der Waals surface area contributed by atoms with Crippen LogP contribution in [0.4, 0.5) is 0 Å². The molecule has 0 aromatic heterocycles. The van der Waals surface area contributed by atoms with Gasteiger partial charge in [-0.1, -0.05) is 30.8 Å². The van der Waals surface area contributed by atoms with E-state index in [0.29, 0.717) is 37.1 Å². The van der Waals surface area contributed by atoms with Crippen molar-refractivity contribution in [2.45, 2.75) is 51.5 Å². The molecule has 36 heavy (non-hydrogen) atoms. The summed E-state index contributed by atoms with van der Waals surface area (Å²) >= 11 is 0. The zero-order chi connectivity index (χ0) is 26.5. The van der Waals surface area contributed by atoms with E-state index in [9.17, 15) is 24.3 Å². The number of aliphatic carboxylic acids is 1. The van der Waals surface area contributed by atoms with Crippen molar-refractivity contribution in [3.63, 3.8) is 0 Å². The summed E-state index contributed by atoms with van der Waals surface area (Å²) in [6, 6.07) is 12.5. The number of phenols is 1. The van der Waals surface area contributed by atoms with Crippen LogP contribution in [0.5, 0.6) is 11.5 Å². The average molecular weight is 497 g/mol. The van der Waals surface area contributed by atoms with E-state index < -0.39 is 23.9 Å². The first-order chi connectivity index (χ1) is 17.1. The number of benzene rings is 2. The first kappa shape index (κ1) is 28.1. The molecule has 0 aliphatic carbocycles. The smallest absolute Gasteiger partial charge is 0.311 e. The summed E-state index contributed by atoms with van der Waals surface area (Å²) in [5.74, 6) is -1.56. The minimum absolute atomic E-state index is 0.0241. The average Bonchev–Trinajstić information content (AvgIpc) is 2.83. The molecule has 0 fully saturated rings. The van der Waals surface area contributed by atoms with E-state index in [-0.39, 0.29) is 30.9 Å². The van der Waals surface area contributed by atoms with Crippen LogP contribution in [0, 0.1) is 0 Å². The highest BCUT2D eigenvalue weighted by molar-refractivity contribution is 5.96. The Balaban J connectivity index is 1.84. The van der Waals surface area contributed by atoms with Gasteiger partial charge >= 0.3 is 11.9 Å². The summed E-state index contributed by atoms with van der Waals surface area (Å²) < 4.78 is 5.25. The van der Waals surface area contributed by atoms with E-state index in [0.717, 1.165) is 11.1 Å². The number of amides is 2. The van der Waals surface area contributed by atoms with E-state index >= 15 is 0 Å². The molecule has 0 bridgehead atoms. The van der Waals surface area contributed by atoms with Gasteiger partial charge in [0.1, 0.15) is 17.5 Å². The molecule has 0 radical (unpaired) electrons. The molecule has 9 nitrogen and oxygen atoms in total. The van der Waals surface area contributed by atoms with E-state index in [1.807, 2.05) is 0 Å². The minimum atomic E-state index is -0.889. The first-order valence-corrected chi connectivity index (χ1v) is 11.7. The zero-order valence-electron chi connectivity index (χ0n) is 20.3. The number of nitrogens with one attached hydrogen (secondary N) is 2. The lowest BCUT2D eigenvalue weighted by atomic mass is 10.0. The molecule has 2 rings (SSSR count). The molecule has 0 aliphatic rings. The Kier molecular flexibility index (Phi) is 11.2. The van der Waals surface area contributed by atoms with Gasteiger partial charge in [-0.3, -0.25) is 19.2 Å². The second-order valence-electron chi connectivity index (χ2n) is 8.44. The second-order valence-corrected chi connectivity index (χ2v) is 8.44. The number of esters is 1. The molecule has 0 heterocycles. The largest absolute Gasteiger partial charge is 0.508 e. The fourth-order valence-corrected chi connectivity index (χ4v) is 3.26. The van der Waals surface area contributed by atoms with Gasteiger partial charge < -0.3 is 25.6 Å². The molecule has 0 aliphatic heterocycles. The van der Waals surface area contributed by atoms with Crippen molar-refractivity contribution < 1.29 is 34.1 Å². The van der Waals surface area contributed by atoms with Gasteiger partial charge in [0.15, 0.2) is 0 Å². The number of rotatable bonds is 14. The molecule has 4 N–H and O–H groups in total. The van der Waals surface area contributed by atoms with Crippen molar-refractivity contribution >= 4 is 23.8 Å². The number of hydrogen-bond acceptors (Lipinski definition) is 6. The van der Waals surface area contributed by atoms with Gasteiger partial charge in [0, 0.05) is 31.4 Å². The van der Waals surface area contributed by atoms with Crippen LogP contribution in [-0.2, 0) is 32.0 Å². The zero-order valence-corrected chi connectivity index (χ0v) is 20.3. The van der Waals surface area contributed by atoms with Crippen LogP contribution >= 0.6 is 0 Å². The number of carboxylic acid groups (broad SMARTS) is 1. The number of carbonyl (C=O) groups excluding carboxylic acids is 3. The maximum atomic E-state index is 12.8. The molecule has 9 heteroatoms. The van der Waals surface area contributed by atoms with Gasteiger partial charge in [-0.15, -0.1) is 0 Å². The van der Waals surface area contributed by atoms with Crippen LogP contribution in [0.3, 0.4) is 0 Å². The second kappa shape index (κ2) is 14.3. The van der Waals surface area contributed by atoms with Crippen LogP contribution < -0.4 is 15.4 Å². The van der Waals surface area contributed by atoms with E-state index in [2.05, 4.69) is 17.2 Å². The minimum Gasteiger partial charge on any atom is -0.508 e. The van der Waals surface area contributed by atoms with E-state index in [4.69, 9.17) is 9.84 Å². The van der Waals surface area contributed by atoms with Crippen molar-refractivity contribution in [3.05, 3.63) is 71.8 Å². The fraction of sp³-hybridized carbons (Fsp3) is 0.333. The maximum Gasteiger partial charge on any atom is 0.311 e. The molecular weight excluding hydrogens is 464 g/mol. The molecule has 2 aromatic carbocycles. The van der Waals surface area contributed by atoms with Gasteiger partial charge in [-0.05, 0) is 61.6 Å². The number of aromatic hydroxyl groups is 1. The fourth-order valence-electron chi connectivity index (χ4n) is 3.26. The molecule has 1 atom stereocenters.